The summed E-state index contributed by atoms with van der Waals surface area (Å²) in [4.78, 5) is 4.50. The van der Waals surface area contributed by atoms with Crippen LogP contribution < -0.4 is 4.74 Å². The zero-order valence-electron chi connectivity index (χ0n) is 17.7. The predicted octanol–water partition coefficient (Wildman–Crippen LogP) is 7.30. The van der Waals surface area contributed by atoms with Crippen LogP contribution in [0.2, 0.25) is 0 Å². The summed E-state index contributed by atoms with van der Waals surface area (Å²) in [5.41, 5.74) is 8.40. The van der Waals surface area contributed by atoms with E-state index < -0.39 is 0 Å². The Kier molecular flexibility index (Phi) is 9.12. The van der Waals surface area contributed by atoms with Gasteiger partial charge in [0.15, 0.2) is 0 Å². The Balaban J connectivity index is 2.87. The Hall–Kier alpha value is -2.09. The van der Waals surface area contributed by atoms with Crippen LogP contribution in [0.25, 0.3) is 5.57 Å². The highest BCUT2D eigenvalue weighted by molar-refractivity contribution is 5.80. The molecule has 0 aliphatic heterocycles. The van der Waals surface area contributed by atoms with E-state index in [1.165, 1.54) is 22.3 Å². The third-order valence-corrected chi connectivity index (χ3v) is 4.40. The van der Waals surface area contributed by atoms with Crippen LogP contribution in [0.5, 0.6) is 5.75 Å². The zero-order chi connectivity index (χ0) is 19.7. The minimum Gasteiger partial charge on any atom is -0.489 e. The number of allylic oxidation sites excluding steroid dienone is 4. The van der Waals surface area contributed by atoms with E-state index in [1.807, 2.05) is 20.8 Å². The van der Waals surface area contributed by atoms with Gasteiger partial charge in [-0.2, -0.15) is 0 Å². The molecule has 0 atom stereocenters. The van der Waals surface area contributed by atoms with Gasteiger partial charge in [-0.05, 0) is 88.8 Å². The van der Waals surface area contributed by atoms with Gasteiger partial charge in [-0.1, -0.05) is 37.6 Å². The topological polar surface area (TPSA) is 21.6 Å². The molecule has 0 aromatic heterocycles. The van der Waals surface area contributed by atoms with Crippen molar-refractivity contribution in [2.75, 3.05) is 6.61 Å². The van der Waals surface area contributed by atoms with Crippen LogP contribution in [0.15, 0.2) is 52.7 Å². The third-order valence-electron chi connectivity index (χ3n) is 4.40. The number of benzene rings is 1. The van der Waals surface area contributed by atoms with Gasteiger partial charge in [0, 0.05) is 11.4 Å². The first-order chi connectivity index (χ1) is 12.3. The summed E-state index contributed by atoms with van der Waals surface area (Å²) in [6.45, 7) is 19.3. The molecule has 1 aromatic carbocycles. The van der Waals surface area contributed by atoms with Gasteiger partial charge in [-0.15, -0.1) is 0 Å². The van der Waals surface area contributed by atoms with Gasteiger partial charge in [0.25, 0.3) is 0 Å². The molecule has 0 spiro atoms. The number of rotatable bonds is 9. The van der Waals surface area contributed by atoms with Crippen LogP contribution in [0.1, 0.15) is 71.9 Å². The van der Waals surface area contributed by atoms with Gasteiger partial charge in [-0.25, -0.2) is 0 Å². The van der Waals surface area contributed by atoms with Gasteiger partial charge in [-0.3, -0.25) is 4.99 Å². The van der Waals surface area contributed by atoms with Crippen molar-refractivity contribution >= 4 is 11.3 Å². The molecule has 0 aliphatic carbocycles. The molecule has 26 heavy (non-hydrogen) atoms. The Morgan fingerprint density at radius 2 is 1.88 bits per heavy atom. The molecule has 1 rings (SSSR count). The van der Waals surface area contributed by atoms with E-state index in [0.717, 1.165) is 42.0 Å². The first kappa shape index (κ1) is 22.0. The van der Waals surface area contributed by atoms with Crippen LogP contribution in [0, 0.1) is 6.92 Å². The summed E-state index contributed by atoms with van der Waals surface area (Å²) >= 11 is 0. The maximum absolute atomic E-state index is 5.98. The van der Waals surface area contributed by atoms with Crippen molar-refractivity contribution in [3.05, 3.63) is 58.8 Å². The minimum absolute atomic E-state index is 0.561. The molecular formula is C24H35NO. The number of ether oxygens (including phenoxy) is 1. The first-order valence-corrected chi connectivity index (χ1v) is 9.52. The summed E-state index contributed by atoms with van der Waals surface area (Å²) in [6, 6.07) is 6.35. The maximum Gasteiger partial charge on any atom is 0.120 e. The molecular weight excluding hydrogens is 318 g/mol. The van der Waals surface area contributed by atoms with E-state index in [-0.39, 0.29) is 0 Å². The van der Waals surface area contributed by atoms with Crippen molar-refractivity contribution in [2.24, 2.45) is 4.99 Å². The third kappa shape index (κ3) is 7.03. The standard InChI is InChI=1S/C24H35NO/c1-9-11-18(5)14-22(10-2)24-13-12-23(15-19(24)6)26-16-20(7)21(8)25-17(3)4/h10,12-13,15H,5,9,11,14,16H2,1-4,6-8H3/b21-20+,22-10-. The van der Waals surface area contributed by atoms with E-state index in [2.05, 4.69) is 63.5 Å². The molecule has 0 radical (unpaired) electrons. The molecule has 2 heteroatoms. The molecule has 0 N–H and O–H groups in total. The highest BCUT2D eigenvalue weighted by atomic mass is 16.5. The summed E-state index contributed by atoms with van der Waals surface area (Å²) < 4.78 is 5.98. The summed E-state index contributed by atoms with van der Waals surface area (Å²) in [6.07, 6.45) is 5.38. The average Bonchev–Trinajstić information content (AvgIpc) is 2.57. The Morgan fingerprint density at radius 1 is 1.19 bits per heavy atom. The maximum atomic E-state index is 5.98. The monoisotopic (exact) mass is 353 g/mol. The van der Waals surface area contributed by atoms with Gasteiger partial charge in [0.1, 0.15) is 12.4 Å². The number of hydrogen-bond acceptors (Lipinski definition) is 2. The lowest BCUT2D eigenvalue weighted by Crippen LogP contribution is -2.02. The van der Waals surface area contributed by atoms with E-state index in [9.17, 15) is 0 Å². The fourth-order valence-electron chi connectivity index (χ4n) is 2.88. The number of hydrogen-bond donors (Lipinski definition) is 0. The highest BCUT2D eigenvalue weighted by Crippen LogP contribution is 2.29. The lowest BCUT2D eigenvalue weighted by Gasteiger charge is -2.14. The summed E-state index contributed by atoms with van der Waals surface area (Å²) in [7, 11) is 0. The second kappa shape index (κ2) is 10.8. The van der Waals surface area contributed by atoms with Gasteiger partial charge in [0.05, 0.1) is 0 Å². The Morgan fingerprint density at radius 3 is 2.42 bits per heavy atom. The smallest absolute Gasteiger partial charge is 0.120 e. The Bertz CT molecular complexity index is 716. The minimum atomic E-state index is 0.561. The normalized spacial score (nSPS) is 12.5. The van der Waals surface area contributed by atoms with Crippen molar-refractivity contribution in [3.8, 4) is 5.75 Å². The lowest BCUT2D eigenvalue weighted by atomic mass is 9.93. The molecule has 142 valence electrons. The largest absolute Gasteiger partial charge is 0.489 e. The van der Waals surface area contributed by atoms with Crippen LogP contribution in [0.3, 0.4) is 0 Å². The van der Waals surface area contributed by atoms with Crippen molar-refractivity contribution < 1.29 is 4.74 Å². The van der Waals surface area contributed by atoms with Gasteiger partial charge >= 0.3 is 0 Å². The molecule has 0 saturated heterocycles. The quantitative estimate of drug-likeness (QED) is 0.337. The Labute approximate surface area is 160 Å². The molecule has 1 aromatic rings. The van der Waals surface area contributed by atoms with E-state index >= 15 is 0 Å². The van der Waals surface area contributed by atoms with Crippen LogP contribution >= 0.6 is 0 Å². The van der Waals surface area contributed by atoms with Gasteiger partial charge in [0.2, 0.25) is 0 Å². The van der Waals surface area contributed by atoms with E-state index in [1.54, 1.807) is 0 Å². The molecule has 0 bridgehead atoms. The molecule has 0 saturated carbocycles. The van der Waals surface area contributed by atoms with Crippen molar-refractivity contribution in [1.82, 2.24) is 0 Å². The summed E-state index contributed by atoms with van der Waals surface area (Å²) in [5, 5.41) is 0. The van der Waals surface area contributed by atoms with Crippen molar-refractivity contribution in [2.45, 2.75) is 67.7 Å². The van der Waals surface area contributed by atoms with Crippen LogP contribution in [-0.2, 0) is 0 Å². The predicted molar refractivity (Wildman–Crippen MR) is 116 cm³/mol. The SMILES string of the molecule is C=C(CCC)C/C(=C/C)c1ccc(OC/C(C)=C(\C)N=C(C)C)cc1C. The van der Waals surface area contributed by atoms with Crippen LogP contribution in [-0.4, -0.2) is 12.3 Å². The van der Waals surface area contributed by atoms with Crippen molar-refractivity contribution in [1.29, 1.82) is 0 Å². The second-order valence-corrected chi connectivity index (χ2v) is 7.18. The zero-order valence-corrected chi connectivity index (χ0v) is 17.7. The molecule has 0 unspecified atom stereocenters. The first-order valence-electron chi connectivity index (χ1n) is 9.52. The highest BCUT2D eigenvalue weighted by Gasteiger charge is 2.08. The lowest BCUT2D eigenvalue weighted by molar-refractivity contribution is 0.350. The molecule has 0 heterocycles. The molecule has 0 fully saturated rings. The van der Waals surface area contributed by atoms with Crippen LogP contribution in [0.4, 0.5) is 0 Å². The van der Waals surface area contributed by atoms with Crippen molar-refractivity contribution in [3.63, 3.8) is 0 Å². The number of aryl methyl sites for hydroxylation is 1. The fourth-order valence-corrected chi connectivity index (χ4v) is 2.88. The number of aliphatic imine (C=N–C) groups is 1. The van der Waals surface area contributed by atoms with E-state index in [0.29, 0.717) is 6.61 Å². The number of nitrogens with zero attached hydrogens (tertiary/aromatic N) is 1. The molecule has 0 aliphatic rings. The fraction of sp³-hybridized carbons (Fsp3) is 0.458. The second-order valence-electron chi connectivity index (χ2n) is 7.18. The van der Waals surface area contributed by atoms with Gasteiger partial charge < -0.3 is 4.74 Å². The average molecular weight is 354 g/mol. The molecule has 2 nitrogen and oxygen atoms in total. The summed E-state index contributed by atoms with van der Waals surface area (Å²) in [5.74, 6) is 0.901. The van der Waals surface area contributed by atoms with E-state index in [4.69, 9.17) is 4.74 Å². The molecule has 0 amide bonds.